The average Bonchev–Trinajstić information content (AvgIpc) is 4.20. The molecule has 0 radical (unpaired) electrons. The third kappa shape index (κ3) is 9.65. The molecule has 3 aromatic rings. The van der Waals surface area contributed by atoms with Gasteiger partial charge in [0.05, 0.1) is 49.4 Å². The molecular weight excluding hydrogens is 877 g/mol. The first kappa shape index (κ1) is 45.7. The zero-order valence-electron chi connectivity index (χ0n) is 38.5. The Kier molecular flexibility index (Phi) is 13.1. The summed E-state index contributed by atoms with van der Waals surface area (Å²) in [6, 6.07) is 1.42. The van der Waals surface area contributed by atoms with Crippen LogP contribution in [0.5, 0.6) is 0 Å². The summed E-state index contributed by atoms with van der Waals surface area (Å²) >= 11 is 0. The van der Waals surface area contributed by atoms with E-state index in [1.165, 1.54) is 22.5 Å². The summed E-state index contributed by atoms with van der Waals surface area (Å²) in [5, 5.41) is 13.6. The fourth-order valence-corrected chi connectivity index (χ4v) is 10.7. The highest BCUT2D eigenvalue weighted by molar-refractivity contribution is 6.08. The molecule has 4 saturated heterocycles. The minimum Gasteiger partial charge on any atom is -0.379 e. The van der Waals surface area contributed by atoms with Gasteiger partial charge in [-0.15, -0.1) is 0 Å². The second-order valence-corrected chi connectivity index (χ2v) is 19.4. The molecule has 6 atom stereocenters. The Bertz CT molecular complexity index is 2580. The molecule has 68 heavy (non-hydrogen) atoms. The molecule has 5 fully saturated rings. The number of piperidine rings is 1. The molecule has 0 spiro atoms. The van der Waals surface area contributed by atoms with Crippen LogP contribution in [-0.4, -0.2) is 147 Å². The molecule has 2 N–H and O–H groups in total. The Hall–Kier alpha value is -6.05. The highest BCUT2D eigenvalue weighted by Crippen LogP contribution is 2.38. The molecule has 1 saturated carbocycles. The lowest BCUT2D eigenvalue weighted by Crippen LogP contribution is -2.53. The van der Waals surface area contributed by atoms with Gasteiger partial charge in [0.2, 0.25) is 11.8 Å². The zero-order valence-corrected chi connectivity index (χ0v) is 38.5. The molecule has 3 aliphatic carbocycles. The van der Waals surface area contributed by atoms with Gasteiger partial charge in [0.25, 0.3) is 18.2 Å². The van der Waals surface area contributed by atoms with Crippen molar-refractivity contribution < 1.29 is 37.4 Å². The van der Waals surface area contributed by atoms with Crippen molar-refractivity contribution in [3.63, 3.8) is 0 Å². The van der Waals surface area contributed by atoms with Gasteiger partial charge in [0.15, 0.2) is 11.3 Å². The summed E-state index contributed by atoms with van der Waals surface area (Å²) in [6.07, 6.45) is 24.2. The number of rotatable bonds is 16. The molecule has 360 valence electrons. The van der Waals surface area contributed by atoms with Gasteiger partial charge in [-0.05, 0) is 75.8 Å². The number of amides is 4. The van der Waals surface area contributed by atoms with Gasteiger partial charge in [-0.2, -0.15) is 10.2 Å². The Balaban J connectivity index is 0.644. The number of hydrogen-bond donors (Lipinski definition) is 2. The Labute approximate surface area is 393 Å². The largest absolute Gasteiger partial charge is 0.379 e. The van der Waals surface area contributed by atoms with Gasteiger partial charge >= 0.3 is 0 Å². The minimum atomic E-state index is -2.86. The van der Waals surface area contributed by atoms with Crippen LogP contribution in [0.1, 0.15) is 79.9 Å². The number of nitrogens with one attached hydrogen (secondary N) is 2. The maximum atomic E-state index is 14.3. The quantitative estimate of drug-likeness (QED) is 0.188. The van der Waals surface area contributed by atoms with Crippen LogP contribution < -0.4 is 15.5 Å². The van der Waals surface area contributed by atoms with Crippen molar-refractivity contribution in [3.05, 3.63) is 95.8 Å². The van der Waals surface area contributed by atoms with Gasteiger partial charge in [-0.25, -0.2) is 18.3 Å². The van der Waals surface area contributed by atoms with E-state index >= 15 is 0 Å². The number of fused-ring (bicyclic) bond motifs is 4. The van der Waals surface area contributed by atoms with E-state index in [0.29, 0.717) is 43.3 Å². The summed E-state index contributed by atoms with van der Waals surface area (Å²) in [4.78, 5) is 64.0. The molecule has 10 rings (SSSR count). The first-order chi connectivity index (χ1) is 32.9. The summed E-state index contributed by atoms with van der Waals surface area (Å²) in [7, 11) is 4.20. The van der Waals surface area contributed by atoms with E-state index in [9.17, 15) is 28.0 Å². The van der Waals surface area contributed by atoms with Crippen molar-refractivity contribution in [1.82, 2.24) is 44.4 Å². The molecular formula is C49H59F2N11O6. The molecule has 0 aromatic carbocycles. The smallest absolute Gasteiger partial charge is 0.284 e. The fourth-order valence-electron chi connectivity index (χ4n) is 10.7. The van der Waals surface area contributed by atoms with Crippen LogP contribution >= 0.6 is 0 Å². The van der Waals surface area contributed by atoms with Crippen LogP contribution in [0, 0.1) is 17.8 Å². The number of hydrogen-bond acceptors (Lipinski definition) is 12. The van der Waals surface area contributed by atoms with E-state index in [1.54, 1.807) is 15.8 Å². The SMILES string of the molecule is CN(/C=C/C1CCC(n2cc(NC(=O)c3cnn4ccc(N5CC6C[C@@H]5CO6)nc34)c(C(F)F)n2)CC1)CCN(C)CC1=CCC(COC2C=CC=C3C(=O)N(C4CCC(=O)NC4=O)CC32)C=C1. The first-order valence-corrected chi connectivity index (χ1v) is 23.9. The van der Waals surface area contributed by atoms with Gasteiger partial charge < -0.3 is 34.4 Å². The lowest BCUT2D eigenvalue weighted by Gasteiger charge is -2.30. The van der Waals surface area contributed by atoms with E-state index in [-0.39, 0.29) is 65.6 Å². The molecule has 7 heterocycles. The predicted molar refractivity (Wildman–Crippen MR) is 248 cm³/mol. The number of likely N-dealkylation sites (N-methyl/N-ethyl adjacent to an activating group) is 2. The van der Waals surface area contributed by atoms with E-state index in [2.05, 4.69) is 80.1 Å². The van der Waals surface area contributed by atoms with Gasteiger partial charge in [0, 0.05) is 76.0 Å². The maximum Gasteiger partial charge on any atom is 0.284 e. The second kappa shape index (κ2) is 19.5. The number of alkyl halides is 2. The number of carbonyl (C=O) groups is 4. The molecule has 4 amide bonds. The van der Waals surface area contributed by atoms with Crippen LogP contribution in [0.4, 0.5) is 20.3 Å². The highest BCUT2D eigenvalue weighted by Gasteiger charge is 2.46. The van der Waals surface area contributed by atoms with Crippen molar-refractivity contribution in [3.8, 4) is 0 Å². The van der Waals surface area contributed by atoms with Crippen LogP contribution in [0.3, 0.4) is 0 Å². The van der Waals surface area contributed by atoms with Crippen molar-refractivity contribution in [2.24, 2.45) is 17.8 Å². The van der Waals surface area contributed by atoms with Crippen molar-refractivity contribution in [2.75, 3.05) is 70.2 Å². The summed E-state index contributed by atoms with van der Waals surface area (Å²) in [6.45, 7) is 4.85. The lowest BCUT2D eigenvalue weighted by atomic mass is 9.86. The number of halogens is 2. The van der Waals surface area contributed by atoms with Gasteiger partial charge in [-0.3, -0.25) is 29.2 Å². The molecule has 19 heteroatoms. The first-order valence-electron chi connectivity index (χ1n) is 23.9. The maximum absolute atomic E-state index is 14.3. The standard InChI is InChI=1S/C49H59F2N11O6/c1-57(20-21-58(2)24-31-6-8-32(9-7-31)28-68-41-5-3-4-36-38(41)26-60(49(36)66)40-14-15-43(63)55-48(40)65)18-16-30-10-12-33(13-11-30)62-27-39(44(56-62)45(50)51)53-47(64)37-23-52-61-19-17-42(54-46(37)61)59-25-35-22-34(59)29-67-35/h3-8,16-19,23,27,30,32-35,38,40-41,45H,9-15,20-22,24-26,28-29H2,1-2H3,(H,53,64)(H,55,63,65)/b18-16+/t30?,32?,33?,34-,35?,38?,40?,41?/m1/s1. The Morgan fingerprint density at radius 1 is 1.07 bits per heavy atom. The highest BCUT2D eigenvalue weighted by atomic mass is 19.3. The number of likely N-dealkylation sites (tertiary alicyclic amines) is 1. The van der Waals surface area contributed by atoms with Crippen molar-refractivity contribution >= 4 is 40.8 Å². The number of imide groups is 1. The van der Waals surface area contributed by atoms with Gasteiger partial charge in [0.1, 0.15) is 17.4 Å². The Morgan fingerprint density at radius 2 is 1.93 bits per heavy atom. The van der Waals surface area contributed by atoms with Crippen LogP contribution in [0.25, 0.3) is 5.65 Å². The number of allylic oxidation sites excluding steroid dienone is 4. The lowest BCUT2D eigenvalue weighted by molar-refractivity contribution is -0.142. The number of ether oxygens (including phenoxy) is 2. The van der Waals surface area contributed by atoms with Crippen LogP contribution in [0.2, 0.25) is 0 Å². The zero-order chi connectivity index (χ0) is 47.1. The summed E-state index contributed by atoms with van der Waals surface area (Å²) < 4.78 is 43.8. The van der Waals surface area contributed by atoms with Crippen LogP contribution in [-0.2, 0) is 23.9 Å². The number of carbonyl (C=O) groups excluding carboxylic acids is 4. The summed E-state index contributed by atoms with van der Waals surface area (Å²) in [5.74, 6) is -0.273. The van der Waals surface area contributed by atoms with Gasteiger partial charge in [-0.1, -0.05) is 42.5 Å². The van der Waals surface area contributed by atoms with E-state index < -0.39 is 30.0 Å². The van der Waals surface area contributed by atoms with Crippen molar-refractivity contribution in [1.29, 1.82) is 0 Å². The number of anilines is 2. The third-order valence-corrected chi connectivity index (χ3v) is 14.7. The van der Waals surface area contributed by atoms with Crippen molar-refractivity contribution in [2.45, 2.75) is 88.1 Å². The normalized spacial score (nSPS) is 28.1. The second-order valence-electron chi connectivity index (χ2n) is 19.4. The molecule has 4 aliphatic heterocycles. The molecule has 17 nitrogen and oxygen atoms in total. The molecule has 3 aromatic heterocycles. The van der Waals surface area contributed by atoms with E-state index in [1.807, 2.05) is 24.3 Å². The van der Waals surface area contributed by atoms with E-state index in [0.717, 1.165) is 70.5 Å². The molecule has 5 unspecified atom stereocenters. The fraction of sp³-hybridized carbons (Fsp3) is 0.531. The topological polar surface area (TPSA) is 172 Å². The van der Waals surface area contributed by atoms with E-state index in [4.69, 9.17) is 14.5 Å². The monoisotopic (exact) mass is 935 g/mol. The number of morpholine rings is 1. The predicted octanol–water partition coefficient (Wildman–Crippen LogP) is 4.85. The summed E-state index contributed by atoms with van der Waals surface area (Å²) in [5.41, 5.74) is 2.00. The van der Waals surface area contributed by atoms with Crippen LogP contribution in [0.15, 0.2) is 84.5 Å². The molecule has 7 aliphatic rings. The molecule has 2 bridgehead atoms. The third-order valence-electron chi connectivity index (χ3n) is 14.7. The average molecular weight is 936 g/mol. The number of nitrogens with zero attached hydrogens (tertiary/aromatic N) is 9. The number of aromatic nitrogens is 5. The minimum absolute atomic E-state index is 0.00913. The Morgan fingerprint density at radius 3 is 2.68 bits per heavy atom.